The van der Waals surface area contributed by atoms with E-state index in [0.29, 0.717) is 11.7 Å². The molecule has 1 heterocycles. The van der Waals surface area contributed by atoms with Crippen LogP contribution in [0.15, 0.2) is 48.5 Å². The van der Waals surface area contributed by atoms with Crippen molar-refractivity contribution in [1.29, 1.82) is 0 Å². The molecule has 25 heavy (non-hydrogen) atoms. The van der Waals surface area contributed by atoms with Crippen LogP contribution in [0.5, 0.6) is 0 Å². The highest BCUT2D eigenvalue weighted by atomic mass is 32.1. The molecule has 0 bridgehead atoms. The minimum Gasteiger partial charge on any atom is -0.371 e. The summed E-state index contributed by atoms with van der Waals surface area (Å²) >= 11 is 5.51. The molecular weight excluding hydrogens is 333 g/mol. The zero-order chi connectivity index (χ0) is 17.6. The van der Waals surface area contributed by atoms with E-state index >= 15 is 0 Å². The van der Waals surface area contributed by atoms with E-state index in [1.807, 2.05) is 11.9 Å². The zero-order valence-corrected chi connectivity index (χ0v) is 15.4. The maximum absolute atomic E-state index is 13.0. The van der Waals surface area contributed by atoms with Crippen molar-refractivity contribution in [3.05, 3.63) is 65.5 Å². The molecule has 1 aliphatic heterocycles. The van der Waals surface area contributed by atoms with Crippen LogP contribution in [0.1, 0.15) is 24.0 Å². The normalized spacial score (nSPS) is 13.8. The number of thiocarbonyl (C=S) groups is 1. The summed E-state index contributed by atoms with van der Waals surface area (Å²) in [7, 11) is 2.00. The average molecular weight is 357 g/mol. The summed E-state index contributed by atoms with van der Waals surface area (Å²) in [5, 5.41) is 3.94. The quantitative estimate of drug-likeness (QED) is 0.817. The van der Waals surface area contributed by atoms with Crippen LogP contribution in [-0.4, -0.2) is 30.1 Å². The lowest BCUT2D eigenvalue weighted by molar-refractivity contribution is 0.488. The van der Waals surface area contributed by atoms with Crippen LogP contribution in [-0.2, 0) is 13.1 Å². The molecule has 1 saturated heterocycles. The minimum absolute atomic E-state index is 0.220. The SMILES string of the molecule is CN(Cc1ccccc1N1CCCC1)C(=S)NCc1ccc(F)cc1. The Morgan fingerprint density at radius 2 is 1.80 bits per heavy atom. The third kappa shape index (κ3) is 4.69. The molecule has 1 N–H and O–H groups in total. The number of hydrogen-bond acceptors (Lipinski definition) is 2. The molecule has 0 radical (unpaired) electrons. The number of para-hydroxylation sites is 1. The van der Waals surface area contributed by atoms with Gasteiger partial charge < -0.3 is 15.1 Å². The van der Waals surface area contributed by atoms with Gasteiger partial charge in [-0.3, -0.25) is 0 Å². The molecule has 0 saturated carbocycles. The van der Waals surface area contributed by atoms with Gasteiger partial charge in [0.1, 0.15) is 5.82 Å². The van der Waals surface area contributed by atoms with Crippen LogP contribution in [0.25, 0.3) is 0 Å². The molecule has 0 aromatic heterocycles. The van der Waals surface area contributed by atoms with Gasteiger partial charge in [-0.25, -0.2) is 4.39 Å². The second-order valence-corrected chi connectivity index (χ2v) is 6.85. The molecule has 3 nitrogen and oxygen atoms in total. The van der Waals surface area contributed by atoms with Gasteiger partial charge in [0.2, 0.25) is 0 Å². The first-order chi connectivity index (χ1) is 12.1. The average Bonchev–Trinajstić information content (AvgIpc) is 3.16. The van der Waals surface area contributed by atoms with Gasteiger partial charge in [0, 0.05) is 38.9 Å². The summed E-state index contributed by atoms with van der Waals surface area (Å²) in [5.74, 6) is -0.220. The second-order valence-electron chi connectivity index (χ2n) is 6.46. The van der Waals surface area contributed by atoms with E-state index in [9.17, 15) is 4.39 Å². The predicted octanol–water partition coefficient (Wildman–Crippen LogP) is 3.93. The molecule has 2 aromatic rings. The molecule has 132 valence electrons. The van der Waals surface area contributed by atoms with Crippen molar-refractivity contribution >= 4 is 23.0 Å². The maximum atomic E-state index is 13.0. The van der Waals surface area contributed by atoms with Crippen molar-refractivity contribution in [2.24, 2.45) is 0 Å². The lowest BCUT2D eigenvalue weighted by Crippen LogP contribution is -2.36. The Balaban J connectivity index is 1.59. The molecule has 0 unspecified atom stereocenters. The Morgan fingerprint density at radius 3 is 2.52 bits per heavy atom. The number of halogens is 1. The Bertz CT molecular complexity index is 711. The summed E-state index contributed by atoms with van der Waals surface area (Å²) in [6.45, 7) is 3.63. The number of anilines is 1. The van der Waals surface area contributed by atoms with Gasteiger partial charge in [0.05, 0.1) is 0 Å². The molecule has 1 fully saturated rings. The van der Waals surface area contributed by atoms with E-state index in [1.54, 1.807) is 12.1 Å². The summed E-state index contributed by atoms with van der Waals surface area (Å²) in [5.41, 5.74) is 3.61. The van der Waals surface area contributed by atoms with Crippen molar-refractivity contribution in [2.45, 2.75) is 25.9 Å². The Hall–Kier alpha value is -2.14. The lowest BCUT2D eigenvalue weighted by atomic mass is 10.1. The highest BCUT2D eigenvalue weighted by molar-refractivity contribution is 7.80. The summed E-state index contributed by atoms with van der Waals surface area (Å²) in [4.78, 5) is 4.51. The van der Waals surface area contributed by atoms with Gasteiger partial charge in [-0.1, -0.05) is 30.3 Å². The van der Waals surface area contributed by atoms with Crippen molar-refractivity contribution in [3.8, 4) is 0 Å². The Kier molecular flexibility index (Phi) is 5.87. The molecular formula is C20H24FN3S. The fraction of sp³-hybridized carbons (Fsp3) is 0.350. The highest BCUT2D eigenvalue weighted by Crippen LogP contribution is 2.25. The summed E-state index contributed by atoms with van der Waals surface area (Å²) in [6.07, 6.45) is 2.53. The Labute approximate surface area is 154 Å². The van der Waals surface area contributed by atoms with E-state index in [0.717, 1.165) is 25.2 Å². The van der Waals surface area contributed by atoms with Gasteiger partial charge in [-0.15, -0.1) is 0 Å². The fourth-order valence-corrected chi connectivity index (χ4v) is 3.29. The molecule has 0 aliphatic carbocycles. The second kappa shape index (κ2) is 8.30. The predicted molar refractivity (Wildman–Crippen MR) is 105 cm³/mol. The first-order valence-corrected chi connectivity index (χ1v) is 9.10. The maximum Gasteiger partial charge on any atom is 0.169 e. The molecule has 0 atom stereocenters. The van der Waals surface area contributed by atoms with Gasteiger partial charge in [-0.05, 0) is 54.4 Å². The first-order valence-electron chi connectivity index (χ1n) is 8.70. The van der Waals surface area contributed by atoms with Crippen LogP contribution in [0.4, 0.5) is 10.1 Å². The van der Waals surface area contributed by atoms with Crippen molar-refractivity contribution in [1.82, 2.24) is 10.2 Å². The van der Waals surface area contributed by atoms with E-state index in [1.165, 1.54) is 36.2 Å². The van der Waals surface area contributed by atoms with E-state index in [2.05, 4.69) is 34.5 Å². The fourth-order valence-electron chi connectivity index (χ4n) is 3.15. The molecule has 2 aromatic carbocycles. The van der Waals surface area contributed by atoms with Crippen LogP contribution in [0.3, 0.4) is 0 Å². The van der Waals surface area contributed by atoms with Gasteiger partial charge >= 0.3 is 0 Å². The highest BCUT2D eigenvalue weighted by Gasteiger charge is 2.16. The molecule has 0 amide bonds. The number of rotatable bonds is 5. The van der Waals surface area contributed by atoms with Gasteiger partial charge in [0.25, 0.3) is 0 Å². The largest absolute Gasteiger partial charge is 0.371 e. The van der Waals surface area contributed by atoms with Crippen LogP contribution >= 0.6 is 12.2 Å². The van der Waals surface area contributed by atoms with Crippen LogP contribution in [0, 0.1) is 5.82 Å². The van der Waals surface area contributed by atoms with Crippen LogP contribution in [0.2, 0.25) is 0 Å². The Morgan fingerprint density at radius 1 is 1.12 bits per heavy atom. The molecule has 0 spiro atoms. The van der Waals surface area contributed by atoms with E-state index < -0.39 is 0 Å². The smallest absolute Gasteiger partial charge is 0.169 e. The number of benzene rings is 2. The van der Waals surface area contributed by atoms with E-state index in [4.69, 9.17) is 12.2 Å². The van der Waals surface area contributed by atoms with Gasteiger partial charge in [-0.2, -0.15) is 0 Å². The third-order valence-corrected chi connectivity index (χ3v) is 5.01. The van der Waals surface area contributed by atoms with Gasteiger partial charge in [0.15, 0.2) is 5.11 Å². The lowest BCUT2D eigenvalue weighted by Gasteiger charge is -2.26. The number of nitrogens with one attached hydrogen (secondary N) is 1. The molecule has 3 rings (SSSR count). The zero-order valence-electron chi connectivity index (χ0n) is 14.5. The van der Waals surface area contributed by atoms with E-state index in [-0.39, 0.29) is 5.82 Å². The number of nitrogens with zero attached hydrogens (tertiary/aromatic N) is 2. The molecule has 5 heteroatoms. The molecule has 1 aliphatic rings. The monoisotopic (exact) mass is 357 g/mol. The van der Waals surface area contributed by atoms with Crippen molar-refractivity contribution in [3.63, 3.8) is 0 Å². The number of hydrogen-bond donors (Lipinski definition) is 1. The minimum atomic E-state index is -0.220. The topological polar surface area (TPSA) is 18.5 Å². The van der Waals surface area contributed by atoms with Crippen molar-refractivity contribution in [2.75, 3.05) is 25.0 Å². The standard InChI is InChI=1S/C20H24FN3S/c1-23(20(25)22-14-16-8-10-18(21)11-9-16)15-17-6-2-3-7-19(17)24-12-4-5-13-24/h2-3,6-11H,4-5,12-15H2,1H3,(H,22,25). The van der Waals surface area contributed by atoms with Crippen LogP contribution < -0.4 is 10.2 Å². The summed E-state index contributed by atoms with van der Waals surface area (Å²) in [6, 6.07) is 15.0. The first kappa shape index (κ1) is 17.7. The summed E-state index contributed by atoms with van der Waals surface area (Å²) < 4.78 is 13.0. The third-order valence-electron chi connectivity index (χ3n) is 4.55. The van der Waals surface area contributed by atoms with Crippen molar-refractivity contribution < 1.29 is 4.39 Å².